The third-order valence-corrected chi connectivity index (χ3v) is 3.20. The number of nitrogens with zero attached hydrogens (tertiary/aromatic N) is 2. The minimum Gasteiger partial charge on any atom is -0.314 e. The summed E-state index contributed by atoms with van der Waals surface area (Å²) in [5.74, 6) is -1.17. The number of piperazine rings is 1. The fourth-order valence-electron chi connectivity index (χ4n) is 2.29. The van der Waals surface area contributed by atoms with Crippen LogP contribution < -0.4 is 5.32 Å². The summed E-state index contributed by atoms with van der Waals surface area (Å²) in [7, 11) is 0. The topological polar surface area (TPSA) is 39.1 Å². The fraction of sp³-hybridized carbons (Fsp3) is 0.462. The zero-order valence-electron chi connectivity index (χ0n) is 10.8. The highest BCUT2D eigenvalue weighted by Gasteiger charge is 2.24. The molecule has 1 aliphatic rings. The van der Waals surface area contributed by atoms with Crippen molar-refractivity contribution < 1.29 is 8.78 Å². The van der Waals surface area contributed by atoms with E-state index in [1.807, 2.05) is 0 Å². The Morgan fingerprint density at radius 1 is 1.25 bits per heavy atom. The minimum atomic E-state index is -0.590. The summed E-state index contributed by atoms with van der Waals surface area (Å²) in [4.78, 5) is 2.07. The molecule has 1 aromatic carbocycles. The molecule has 0 amide bonds. The SMILES string of the molecule is Cl.Cl.N#CC[C@@H](c1ccc(F)cc1F)N1CCNCC1. The molecule has 2 rings (SSSR count). The van der Waals surface area contributed by atoms with Crippen LogP contribution in [0.15, 0.2) is 18.2 Å². The lowest BCUT2D eigenvalue weighted by molar-refractivity contribution is 0.172. The normalized spacial score (nSPS) is 16.4. The molecular weight excluding hydrogens is 307 g/mol. The third-order valence-electron chi connectivity index (χ3n) is 3.20. The molecule has 112 valence electrons. The van der Waals surface area contributed by atoms with Crippen LogP contribution in [0, 0.1) is 23.0 Å². The van der Waals surface area contributed by atoms with E-state index in [4.69, 9.17) is 5.26 Å². The van der Waals surface area contributed by atoms with Crippen molar-refractivity contribution in [3.8, 4) is 6.07 Å². The number of hydrogen-bond donors (Lipinski definition) is 1. The summed E-state index contributed by atoms with van der Waals surface area (Å²) >= 11 is 0. The van der Waals surface area contributed by atoms with Crippen molar-refractivity contribution >= 4 is 24.8 Å². The van der Waals surface area contributed by atoms with E-state index >= 15 is 0 Å². The van der Waals surface area contributed by atoms with E-state index in [1.165, 1.54) is 12.1 Å². The lowest BCUT2D eigenvalue weighted by atomic mass is 10.0. The highest BCUT2D eigenvalue weighted by atomic mass is 35.5. The van der Waals surface area contributed by atoms with Gasteiger partial charge in [0.1, 0.15) is 11.6 Å². The molecule has 1 atom stereocenters. The average molecular weight is 324 g/mol. The Kier molecular flexibility index (Phi) is 8.67. The maximum Gasteiger partial charge on any atom is 0.130 e. The van der Waals surface area contributed by atoms with Gasteiger partial charge in [-0.15, -0.1) is 24.8 Å². The zero-order chi connectivity index (χ0) is 13.0. The quantitative estimate of drug-likeness (QED) is 0.929. The van der Waals surface area contributed by atoms with Crippen LogP contribution in [0.2, 0.25) is 0 Å². The predicted octanol–water partition coefficient (Wildman–Crippen LogP) is 2.67. The Labute approximate surface area is 129 Å². The third kappa shape index (κ3) is 4.57. The van der Waals surface area contributed by atoms with Crippen LogP contribution in [-0.2, 0) is 0 Å². The molecule has 0 spiro atoms. The molecule has 0 radical (unpaired) electrons. The van der Waals surface area contributed by atoms with Crippen LogP contribution >= 0.6 is 24.8 Å². The van der Waals surface area contributed by atoms with Gasteiger partial charge in [0, 0.05) is 37.8 Å². The van der Waals surface area contributed by atoms with Crippen LogP contribution in [-0.4, -0.2) is 31.1 Å². The van der Waals surface area contributed by atoms with Gasteiger partial charge in [0.25, 0.3) is 0 Å². The van der Waals surface area contributed by atoms with Gasteiger partial charge in [-0.3, -0.25) is 4.90 Å². The van der Waals surface area contributed by atoms with E-state index in [9.17, 15) is 8.78 Å². The van der Waals surface area contributed by atoms with Crippen molar-refractivity contribution in [1.82, 2.24) is 10.2 Å². The van der Waals surface area contributed by atoms with E-state index in [-0.39, 0.29) is 37.3 Å². The minimum absolute atomic E-state index is 0. The van der Waals surface area contributed by atoms with E-state index in [1.54, 1.807) is 0 Å². The fourth-order valence-corrected chi connectivity index (χ4v) is 2.29. The molecule has 0 aliphatic carbocycles. The smallest absolute Gasteiger partial charge is 0.130 e. The van der Waals surface area contributed by atoms with Crippen molar-refractivity contribution in [1.29, 1.82) is 5.26 Å². The first-order chi connectivity index (χ1) is 8.72. The molecular formula is C13H17Cl2F2N3. The van der Waals surface area contributed by atoms with Gasteiger partial charge in [0.05, 0.1) is 18.5 Å². The summed E-state index contributed by atoms with van der Waals surface area (Å²) in [5.41, 5.74) is 0.403. The molecule has 1 N–H and O–H groups in total. The molecule has 1 fully saturated rings. The van der Waals surface area contributed by atoms with E-state index in [2.05, 4.69) is 16.3 Å². The van der Waals surface area contributed by atoms with Gasteiger partial charge in [-0.25, -0.2) is 8.78 Å². The predicted molar refractivity (Wildman–Crippen MR) is 78.3 cm³/mol. The van der Waals surface area contributed by atoms with Crippen LogP contribution in [0.4, 0.5) is 8.78 Å². The summed E-state index contributed by atoms with van der Waals surface area (Å²) in [6.45, 7) is 3.18. The van der Waals surface area contributed by atoms with Gasteiger partial charge in [-0.2, -0.15) is 5.26 Å². The number of rotatable bonds is 3. The zero-order valence-corrected chi connectivity index (χ0v) is 12.4. The molecule has 0 saturated carbocycles. The second-order valence-corrected chi connectivity index (χ2v) is 4.33. The summed E-state index contributed by atoms with van der Waals surface area (Å²) < 4.78 is 26.7. The van der Waals surface area contributed by atoms with E-state index < -0.39 is 11.6 Å². The largest absolute Gasteiger partial charge is 0.314 e. The molecule has 1 aliphatic heterocycles. The van der Waals surface area contributed by atoms with Gasteiger partial charge in [-0.1, -0.05) is 6.07 Å². The van der Waals surface area contributed by atoms with Crippen LogP contribution in [0.5, 0.6) is 0 Å². The van der Waals surface area contributed by atoms with Crippen LogP contribution in [0.3, 0.4) is 0 Å². The monoisotopic (exact) mass is 323 g/mol. The molecule has 0 aromatic heterocycles. The van der Waals surface area contributed by atoms with Gasteiger partial charge in [0.15, 0.2) is 0 Å². The Morgan fingerprint density at radius 3 is 2.45 bits per heavy atom. The first-order valence-electron chi connectivity index (χ1n) is 5.99. The second-order valence-electron chi connectivity index (χ2n) is 4.33. The molecule has 0 bridgehead atoms. The molecule has 20 heavy (non-hydrogen) atoms. The molecule has 1 saturated heterocycles. The lowest BCUT2D eigenvalue weighted by Crippen LogP contribution is -2.45. The average Bonchev–Trinajstić information content (AvgIpc) is 2.38. The number of nitriles is 1. The van der Waals surface area contributed by atoms with Crippen LogP contribution in [0.1, 0.15) is 18.0 Å². The summed E-state index contributed by atoms with van der Waals surface area (Å²) in [6.07, 6.45) is 0.211. The molecule has 1 aromatic rings. The number of hydrogen-bond acceptors (Lipinski definition) is 3. The summed E-state index contributed by atoms with van der Waals surface area (Å²) in [6, 6.07) is 5.35. The number of benzene rings is 1. The first kappa shape index (κ1) is 19.1. The van der Waals surface area contributed by atoms with Gasteiger partial charge in [0.2, 0.25) is 0 Å². The molecule has 1 heterocycles. The maximum atomic E-state index is 13.8. The molecule has 0 unspecified atom stereocenters. The second kappa shape index (κ2) is 9.09. The molecule has 7 heteroatoms. The lowest BCUT2D eigenvalue weighted by Gasteiger charge is -2.34. The highest BCUT2D eigenvalue weighted by Crippen LogP contribution is 2.27. The van der Waals surface area contributed by atoms with E-state index in [0.29, 0.717) is 5.56 Å². The Hall–Kier alpha value is -0.930. The number of nitrogens with one attached hydrogen (secondary N) is 1. The van der Waals surface area contributed by atoms with Crippen molar-refractivity contribution in [3.63, 3.8) is 0 Å². The van der Waals surface area contributed by atoms with Crippen molar-refractivity contribution in [2.75, 3.05) is 26.2 Å². The van der Waals surface area contributed by atoms with Crippen molar-refractivity contribution in [2.24, 2.45) is 0 Å². The Bertz CT molecular complexity index is 459. The maximum absolute atomic E-state index is 13.8. The molecule has 3 nitrogen and oxygen atoms in total. The summed E-state index contributed by atoms with van der Waals surface area (Å²) in [5, 5.41) is 12.1. The van der Waals surface area contributed by atoms with Crippen molar-refractivity contribution in [2.45, 2.75) is 12.5 Å². The van der Waals surface area contributed by atoms with Gasteiger partial charge in [-0.05, 0) is 6.07 Å². The van der Waals surface area contributed by atoms with E-state index in [0.717, 1.165) is 32.2 Å². The standard InChI is InChI=1S/C13H15F2N3.2ClH/c14-10-1-2-11(12(15)9-10)13(3-4-16)18-7-5-17-6-8-18;;/h1-2,9,13,17H,3,5-8H2;2*1H/t13-;;/m0../s1. The highest BCUT2D eigenvalue weighted by molar-refractivity contribution is 5.85. The van der Waals surface area contributed by atoms with Gasteiger partial charge < -0.3 is 5.32 Å². The number of halogens is 4. The Balaban J connectivity index is 0.00000180. The van der Waals surface area contributed by atoms with Crippen LogP contribution in [0.25, 0.3) is 0 Å². The Morgan fingerprint density at radius 2 is 1.90 bits per heavy atom. The first-order valence-corrected chi connectivity index (χ1v) is 5.99. The van der Waals surface area contributed by atoms with Gasteiger partial charge >= 0.3 is 0 Å². The van der Waals surface area contributed by atoms with Crippen molar-refractivity contribution in [3.05, 3.63) is 35.4 Å².